The summed E-state index contributed by atoms with van der Waals surface area (Å²) in [4.78, 5) is 37.0. The zero-order chi connectivity index (χ0) is 21.7. The van der Waals surface area contributed by atoms with Crippen molar-refractivity contribution >= 4 is 17.9 Å². The van der Waals surface area contributed by atoms with Crippen molar-refractivity contribution < 1.29 is 33.7 Å². The molecule has 158 valence electrons. The average Bonchev–Trinajstić information content (AvgIpc) is 3.11. The molecule has 29 heavy (non-hydrogen) atoms. The van der Waals surface area contributed by atoms with Crippen LogP contribution >= 0.6 is 0 Å². The van der Waals surface area contributed by atoms with E-state index in [1.807, 2.05) is 6.08 Å². The first-order valence-corrected chi connectivity index (χ1v) is 9.85. The van der Waals surface area contributed by atoms with Crippen LogP contribution in [0.2, 0.25) is 0 Å². The summed E-state index contributed by atoms with van der Waals surface area (Å²) in [5, 5.41) is 11.7. The Bertz CT molecular complexity index is 849. The van der Waals surface area contributed by atoms with Crippen molar-refractivity contribution in [3.05, 3.63) is 34.4 Å². The fourth-order valence-electron chi connectivity index (χ4n) is 4.65. The summed E-state index contributed by atoms with van der Waals surface area (Å²) >= 11 is 0. The summed E-state index contributed by atoms with van der Waals surface area (Å²) in [5.74, 6) is -2.89. The molecule has 2 aliphatic carbocycles. The van der Waals surface area contributed by atoms with Gasteiger partial charge in [0.15, 0.2) is 6.10 Å². The van der Waals surface area contributed by atoms with Gasteiger partial charge in [0.1, 0.15) is 17.8 Å². The van der Waals surface area contributed by atoms with Crippen LogP contribution in [0.4, 0.5) is 0 Å². The van der Waals surface area contributed by atoms with Crippen LogP contribution in [0, 0.1) is 11.8 Å². The number of aliphatic hydroxyl groups is 1. The molecule has 0 amide bonds. The maximum absolute atomic E-state index is 12.6. The van der Waals surface area contributed by atoms with E-state index in [1.54, 1.807) is 40.7 Å². The van der Waals surface area contributed by atoms with Crippen LogP contribution in [-0.4, -0.2) is 46.9 Å². The van der Waals surface area contributed by atoms with Gasteiger partial charge < -0.3 is 19.3 Å². The van der Waals surface area contributed by atoms with Crippen molar-refractivity contribution in [1.29, 1.82) is 0 Å². The predicted molar refractivity (Wildman–Crippen MR) is 103 cm³/mol. The molecule has 1 fully saturated rings. The topological polar surface area (TPSA) is 99.1 Å². The molecule has 6 atom stereocenters. The van der Waals surface area contributed by atoms with Gasteiger partial charge in [-0.15, -0.1) is 0 Å². The lowest BCUT2D eigenvalue weighted by molar-refractivity contribution is -0.170. The van der Waals surface area contributed by atoms with Crippen LogP contribution in [0.15, 0.2) is 34.4 Å². The lowest BCUT2D eigenvalue weighted by Crippen LogP contribution is -2.50. The maximum Gasteiger partial charge on any atom is 0.334 e. The molecule has 1 N–H and O–H groups in total. The fraction of sp³-hybridized carbons (Fsp3) is 0.591. The molecule has 0 radical (unpaired) electrons. The smallest absolute Gasteiger partial charge is 0.334 e. The number of carbonyl (C=O) groups is 3. The van der Waals surface area contributed by atoms with Crippen molar-refractivity contribution in [1.82, 2.24) is 0 Å². The quantitative estimate of drug-likeness (QED) is 0.334. The maximum atomic E-state index is 12.6. The Balaban J connectivity index is 2.19. The highest BCUT2D eigenvalue weighted by atomic mass is 16.6. The van der Waals surface area contributed by atoms with Crippen molar-refractivity contribution in [2.45, 2.75) is 71.9 Å². The third-order valence-electron chi connectivity index (χ3n) is 6.50. The second kappa shape index (κ2) is 7.44. The minimum absolute atomic E-state index is 0.410. The van der Waals surface area contributed by atoms with Gasteiger partial charge in [0, 0.05) is 12.5 Å². The van der Waals surface area contributed by atoms with Gasteiger partial charge in [0.05, 0.1) is 11.8 Å². The summed E-state index contributed by atoms with van der Waals surface area (Å²) in [6.45, 7) is 9.85. The molecule has 7 nitrogen and oxygen atoms in total. The number of fused-ring (bicyclic) bond motifs is 3. The Kier molecular flexibility index (Phi) is 5.47. The lowest BCUT2D eigenvalue weighted by atomic mass is 9.76. The average molecular weight is 404 g/mol. The molecule has 1 aliphatic heterocycles. The summed E-state index contributed by atoms with van der Waals surface area (Å²) in [5.41, 5.74) is 0.804. The normalized spacial score (nSPS) is 36.7. The first-order chi connectivity index (χ1) is 13.5. The Hall–Kier alpha value is -2.41. The molecule has 0 spiro atoms. The molecule has 0 saturated carbocycles. The van der Waals surface area contributed by atoms with Gasteiger partial charge in [-0.2, -0.15) is 0 Å². The van der Waals surface area contributed by atoms with E-state index < -0.39 is 53.7 Å². The van der Waals surface area contributed by atoms with Crippen LogP contribution in [0.1, 0.15) is 48.0 Å². The lowest BCUT2D eigenvalue weighted by Gasteiger charge is -2.36. The summed E-state index contributed by atoms with van der Waals surface area (Å²) in [7, 11) is 0. The van der Waals surface area contributed by atoms with Crippen molar-refractivity contribution in [2.75, 3.05) is 0 Å². The first-order valence-electron chi connectivity index (χ1n) is 9.85. The minimum atomic E-state index is -1.51. The molecule has 7 heteroatoms. The number of hydrogen-bond donors (Lipinski definition) is 1. The van der Waals surface area contributed by atoms with Crippen LogP contribution < -0.4 is 0 Å². The fourth-order valence-corrected chi connectivity index (χ4v) is 4.65. The van der Waals surface area contributed by atoms with Gasteiger partial charge in [0.2, 0.25) is 0 Å². The predicted octanol–water partition coefficient (Wildman–Crippen LogP) is 2.39. The van der Waals surface area contributed by atoms with E-state index in [0.29, 0.717) is 28.7 Å². The Labute approximate surface area is 170 Å². The number of ether oxygens (including phenoxy) is 3. The molecule has 0 aromatic carbocycles. The molecule has 0 bridgehead atoms. The van der Waals surface area contributed by atoms with Gasteiger partial charge in [-0.1, -0.05) is 19.1 Å². The number of esters is 3. The second-order valence-corrected chi connectivity index (χ2v) is 8.11. The molecule has 0 aromatic rings. The highest BCUT2D eigenvalue weighted by Crippen LogP contribution is 2.52. The number of rotatable bonds is 3. The van der Waals surface area contributed by atoms with Crippen molar-refractivity contribution in [3.8, 4) is 0 Å². The zero-order valence-electron chi connectivity index (χ0n) is 17.6. The number of hydrogen-bond acceptors (Lipinski definition) is 7. The van der Waals surface area contributed by atoms with Gasteiger partial charge in [-0.25, -0.2) is 4.79 Å². The van der Waals surface area contributed by atoms with E-state index >= 15 is 0 Å². The van der Waals surface area contributed by atoms with E-state index in [-0.39, 0.29) is 0 Å². The monoisotopic (exact) mass is 404 g/mol. The van der Waals surface area contributed by atoms with E-state index in [9.17, 15) is 19.5 Å². The van der Waals surface area contributed by atoms with Gasteiger partial charge in [0.25, 0.3) is 0 Å². The Morgan fingerprint density at radius 3 is 2.52 bits per heavy atom. The molecule has 6 unspecified atom stereocenters. The number of carbonyl (C=O) groups excluding carboxylic acids is 3. The van der Waals surface area contributed by atoms with E-state index in [0.717, 1.165) is 0 Å². The summed E-state index contributed by atoms with van der Waals surface area (Å²) in [6.07, 6.45) is 1.14. The van der Waals surface area contributed by atoms with E-state index in [4.69, 9.17) is 14.2 Å². The minimum Gasteiger partial charge on any atom is -0.458 e. The Morgan fingerprint density at radius 1 is 1.28 bits per heavy atom. The van der Waals surface area contributed by atoms with Crippen molar-refractivity contribution in [2.24, 2.45) is 11.8 Å². The molecule has 1 heterocycles. The second-order valence-electron chi connectivity index (χ2n) is 8.11. The summed E-state index contributed by atoms with van der Waals surface area (Å²) in [6, 6.07) is 0. The highest BCUT2D eigenvalue weighted by molar-refractivity contribution is 5.88. The standard InChI is InChI=1S/C22H28O7/c1-7-10(2)20(24)28-17-12(4)15-9-8-11(3)22(15,26)19-16(13(5)21(25)29-19)18(17)27-14(6)23/h7-8,13,16-19,26H,9H2,1-6H3. The zero-order valence-corrected chi connectivity index (χ0v) is 17.6. The molecular formula is C22H28O7. The van der Waals surface area contributed by atoms with Crippen LogP contribution in [0.5, 0.6) is 0 Å². The van der Waals surface area contributed by atoms with E-state index in [1.165, 1.54) is 6.92 Å². The third-order valence-corrected chi connectivity index (χ3v) is 6.50. The first kappa shape index (κ1) is 21.3. The van der Waals surface area contributed by atoms with E-state index in [2.05, 4.69) is 0 Å². The van der Waals surface area contributed by atoms with Crippen LogP contribution in [0.25, 0.3) is 0 Å². The van der Waals surface area contributed by atoms with Crippen LogP contribution in [0.3, 0.4) is 0 Å². The van der Waals surface area contributed by atoms with Gasteiger partial charge in [-0.05, 0) is 50.8 Å². The van der Waals surface area contributed by atoms with Gasteiger partial charge >= 0.3 is 17.9 Å². The van der Waals surface area contributed by atoms with Gasteiger partial charge in [-0.3, -0.25) is 9.59 Å². The largest absolute Gasteiger partial charge is 0.458 e. The SMILES string of the molecule is CC=C(C)C(=O)OC1C(C)=C2CC=C(C)C2(O)C2OC(=O)C(C)C2C1OC(C)=O. The molecule has 3 aliphatic rings. The number of allylic oxidation sites excluding steroid dienone is 2. The Morgan fingerprint density at radius 2 is 1.93 bits per heavy atom. The summed E-state index contributed by atoms with van der Waals surface area (Å²) < 4.78 is 17.0. The molecule has 3 rings (SSSR count). The molecule has 0 aromatic heterocycles. The van der Waals surface area contributed by atoms with Crippen molar-refractivity contribution in [3.63, 3.8) is 0 Å². The molecule has 1 saturated heterocycles. The van der Waals surface area contributed by atoms with Crippen LogP contribution in [-0.2, 0) is 28.6 Å². The highest BCUT2D eigenvalue weighted by Gasteiger charge is 2.63. The third kappa shape index (κ3) is 3.21. The molecular weight excluding hydrogens is 376 g/mol.